The number of piperidine rings is 1. The first-order valence-electron chi connectivity index (χ1n) is 12.5. The van der Waals surface area contributed by atoms with Crippen molar-refractivity contribution in [3.05, 3.63) is 23.8 Å². The molecule has 0 aliphatic carbocycles. The van der Waals surface area contributed by atoms with Crippen molar-refractivity contribution >= 4 is 33.5 Å². The Morgan fingerprint density at radius 1 is 1.31 bits per heavy atom. The molecule has 3 rings (SSSR count). The Balaban J connectivity index is 1.73. The normalized spacial score (nSPS) is 19.1. The van der Waals surface area contributed by atoms with Crippen molar-refractivity contribution in [2.24, 2.45) is 17.6 Å². The number of hydrogen-bond donors (Lipinski definition) is 6. The predicted molar refractivity (Wildman–Crippen MR) is 137 cm³/mol. The number of aliphatic carboxylic acids is 1. The number of likely N-dealkylation sites (tertiary alicyclic amines) is 1. The fourth-order valence-electron chi connectivity index (χ4n) is 4.90. The lowest BCUT2D eigenvalue weighted by Crippen LogP contribution is -2.51. The number of carboxylic acids is 1. The third-order valence-corrected chi connectivity index (χ3v) is 8.38. The van der Waals surface area contributed by atoms with E-state index in [1.54, 1.807) is 17.0 Å². The first-order valence-corrected chi connectivity index (χ1v) is 14.0. The van der Waals surface area contributed by atoms with E-state index in [2.05, 4.69) is 22.3 Å². The number of para-hydroxylation sites is 1. The Bertz CT molecular complexity index is 1060. The summed E-state index contributed by atoms with van der Waals surface area (Å²) in [4.78, 5) is 26.1. The van der Waals surface area contributed by atoms with E-state index in [1.165, 1.54) is 0 Å². The standard InChI is InChI=1S/C24H38N6O5S/c1-16-14-18-4-2-6-20(22(18)28-15-16)36(34,35)29-19(5-3-11-27-24(25)26)23(33)30-12-9-17(10-13-30)7-8-21(31)32/h2,4,6,16-17,19,28-29H,3,5,7-15H2,1H3,(H,31,32)(H4,25,26,27)/t16?,19-/m0/s1. The molecule has 36 heavy (non-hydrogen) atoms. The number of amides is 1. The van der Waals surface area contributed by atoms with Gasteiger partial charge in [0.2, 0.25) is 15.9 Å². The molecular weight excluding hydrogens is 484 g/mol. The largest absolute Gasteiger partial charge is 0.481 e. The number of guanidine groups is 1. The van der Waals surface area contributed by atoms with Crippen LogP contribution in [0.3, 0.4) is 0 Å². The van der Waals surface area contributed by atoms with E-state index in [0.29, 0.717) is 63.5 Å². The van der Waals surface area contributed by atoms with Crippen LogP contribution in [0.25, 0.3) is 0 Å². The van der Waals surface area contributed by atoms with E-state index >= 15 is 0 Å². The van der Waals surface area contributed by atoms with Crippen LogP contribution in [0.5, 0.6) is 0 Å². The van der Waals surface area contributed by atoms with Crippen molar-refractivity contribution in [3.8, 4) is 0 Å². The van der Waals surface area contributed by atoms with Gasteiger partial charge in [0.1, 0.15) is 10.9 Å². The number of carboxylic acid groups (broad SMARTS) is 1. The van der Waals surface area contributed by atoms with Crippen molar-refractivity contribution in [3.63, 3.8) is 0 Å². The zero-order chi connectivity index (χ0) is 26.3. The molecule has 7 N–H and O–H groups in total. The molecule has 200 valence electrons. The molecule has 2 aliphatic rings. The molecule has 2 atom stereocenters. The lowest BCUT2D eigenvalue weighted by atomic mass is 9.92. The van der Waals surface area contributed by atoms with Gasteiger partial charge in [-0.25, -0.2) is 8.42 Å². The summed E-state index contributed by atoms with van der Waals surface area (Å²) in [5, 5.41) is 22.2. The second-order valence-corrected chi connectivity index (χ2v) is 11.5. The molecule has 12 heteroatoms. The number of nitrogens with zero attached hydrogens (tertiary/aromatic N) is 1. The van der Waals surface area contributed by atoms with E-state index < -0.39 is 22.0 Å². The minimum absolute atomic E-state index is 0.110. The Morgan fingerprint density at radius 3 is 2.69 bits per heavy atom. The van der Waals surface area contributed by atoms with Gasteiger partial charge in [0.25, 0.3) is 0 Å². The first-order chi connectivity index (χ1) is 17.1. The van der Waals surface area contributed by atoms with Crippen LogP contribution in [-0.2, 0) is 26.0 Å². The molecule has 1 unspecified atom stereocenters. The third-order valence-electron chi connectivity index (χ3n) is 6.87. The first kappa shape index (κ1) is 27.7. The van der Waals surface area contributed by atoms with Crippen LogP contribution in [0.1, 0.15) is 51.0 Å². The molecule has 0 spiro atoms. The van der Waals surface area contributed by atoms with Crippen LogP contribution in [0.4, 0.5) is 5.69 Å². The molecule has 1 aromatic carbocycles. The number of carbonyl (C=O) groups excluding carboxylic acids is 1. The summed E-state index contributed by atoms with van der Waals surface area (Å²) in [6.07, 6.45) is 3.54. The van der Waals surface area contributed by atoms with E-state index in [0.717, 1.165) is 12.0 Å². The lowest BCUT2D eigenvalue weighted by molar-refractivity contribution is -0.138. The fourth-order valence-corrected chi connectivity index (χ4v) is 6.35. The van der Waals surface area contributed by atoms with E-state index in [1.807, 2.05) is 6.07 Å². The van der Waals surface area contributed by atoms with Crippen LogP contribution < -0.4 is 21.1 Å². The summed E-state index contributed by atoms with van der Waals surface area (Å²) in [5.74, 6) is -0.661. The molecule has 1 aromatic rings. The van der Waals surface area contributed by atoms with Crippen molar-refractivity contribution < 1.29 is 23.1 Å². The number of hydrogen-bond acceptors (Lipinski definition) is 6. The van der Waals surface area contributed by atoms with Gasteiger partial charge in [0, 0.05) is 32.6 Å². The second-order valence-electron chi connectivity index (χ2n) is 9.84. The summed E-state index contributed by atoms with van der Waals surface area (Å²) in [6.45, 7) is 4.05. The molecule has 1 saturated heterocycles. The van der Waals surface area contributed by atoms with Crippen LogP contribution in [-0.4, -0.2) is 68.5 Å². The van der Waals surface area contributed by atoms with Gasteiger partial charge in [0.15, 0.2) is 5.96 Å². The van der Waals surface area contributed by atoms with Crippen LogP contribution in [0.2, 0.25) is 0 Å². The van der Waals surface area contributed by atoms with Gasteiger partial charge in [0.05, 0.1) is 5.69 Å². The zero-order valence-corrected chi connectivity index (χ0v) is 21.6. The van der Waals surface area contributed by atoms with Crippen molar-refractivity contribution in [1.82, 2.24) is 14.9 Å². The Hall–Kier alpha value is -2.86. The van der Waals surface area contributed by atoms with Gasteiger partial charge in [-0.3, -0.25) is 15.0 Å². The number of carbonyl (C=O) groups is 2. The molecule has 2 heterocycles. The van der Waals surface area contributed by atoms with Crippen molar-refractivity contribution in [2.75, 3.05) is 31.5 Å². The van der Waals surface area contributed by atoms with E-state index in [4.69, 9.17) is 16.2 Å². The molecule has 1 amide bonds. The Kier molecular flexibility index (Phi) is 9.55. The van der Waals surface area contributed by atoms with Gasteiger partial charge in [-0.15, -0.1) is 0 Å². The van der Waals surface area contributed by atoms with Crippen LogP contribution in [0, 0.1) is 17.2 Å². The molecule has 0 radical (unpaired) electrons. The summed E-state index contributed by atoms with van der Waals surface area (Å²) in [6, 6.07) is 4.24. The average molecular weight is 523 g/mol. The van der Waals surface area contributed by atoms with E-state index in [9.17, 15) is 18.0 Å². The van der Waals surface area contributed by atoms with Gasteiger partial charge >= 0.3 is 5.97 Å². The predicted octanol–water partition coefficient (Wildman–Crippen LogP) is 1.30. The molecular formula is C24H38N6O5S. The molecule has 0 saturated carbocycles. The summed E-state index contributed by atoms with van der Waals surface area (Å²) in [7, 11) is -4.00. The maximum absolute atomic E-state index is 13.5. The summed E-state index contributed by atoms with van der Waals surface area (Å²) >= 11 is 0. The fraction of sp³-hybridized carbons (Fsp3) is 0.625. The number of nitrogens with two attached hydrogens (primary N) is 1. The van der Waals surface area contributed by atoms with Crippen LogP contribution >= 0.6 is 0 Å². The van der Waals surface area contributed by atoms with Gasteiger partial charge in [-0.2, -0.15) is 4.72 Å². The minimum Gasteiger partial charge on any atom is -0.481 e. The highest BCUT2D eigenvalue weighted by atomic mass is 32.2. The highest BCUT2D eigenvalue weighted by molar-refractivity contribution is 7.89. The van der Waals surface area contributed by atoms with Gasteiger partial charge in [-0.1, -0.05) is 19.1 Å². The number of anilines is 1. The van der Waals surface area contributed by atoms with Gasteiger partial charge in [-0.05, 0) is 62.0 Å². The van der Waals surface area contributed by atoms with Gasteiger partial charge < -0.3 is 26.4 Å². The lowest BCUT2D eigenvalue weighted by Gasteiger charge is -2.34. The molecule has 0 aromatic heterocycles. The summed E-state index contributed by atoms with van der Waals surface area (Å²) < 4.78 is 29.6. The SMILES string of the molecule is CC1CNc2c(cccc2S(=O)(=O)N[C@@H](CCCNC(=N)N)C(=O)N2CCC(CCC(=O)O)CC2)C1. The molecule has 1 fully saturated rings. The van der Waals surface area contributed by atoms with Crippen molar-refractivity contribution in [2.45, 2.75) is 62.8 Å². The van der Waals surface area contributed by atoms with Crippen molar-refractivity contribution in [1.29, 1.82) is 5.41 Å². The number of nitrogens with one attached hydrogen (secondary N) is 4. The topological polar surface area (TPSA) is 178 Å². The monoisotopic (exact) mass is 522 g/mol. The number of rotatable bonds is 11. The molecule has 2 aliphatic heterocycles. The second kappa shape index (κ2) is 12.4. The molecule has 0 bridgehead atoms. The Labute approximate surface area is 212 Å². The zero-order valence-electron chi connectivity index (χ0n) is 20.8. The minimum atomic E-state index is -4.00. The third kappa shape index (κ3) is 7.57. The maximum Gasteiger partial charge on any atom is 0.303 e. The summed E-state index contributed by atoms with van der Waals surface area (Å²) in [5.41, 5.74) is 6.86. The number of benzene rings is 1. The average Bonchev–Trinajstić information content (AvgIpc) is 2.83. The maximum atomic E-state index is 13.5. The highest BCUT2D eigenvalue weighted by Gasteiger charge is 2.33. The highest BCUT2D eigenvalue weighted by Crippen LogP contribution is 2.31. The Morgan fingerprint density at radius 2 is 2.03 bits per heavy atom. The quantitative estimate of drug-likeness (QED) is 0.143. The molecule has 11 nitrogen and oxygen atoms in total. The smallest absolute Gasteiger partial charge is 0.303 e. The van der Waals surface area contributed by atoms with Crippen LogP contribution in [0.15, 0.2) is 23.1 Å². The number of fused-ring (bicyclic) bond motifs is 1. The van der Waals surface area contributed by atoms with E-state index in [-0.39, 0.29) is 35.5 Å². The number of sulfonamides is 1.